The van der Waals surface area contributed by atoms with Crippen molar-refractivity contribution < 1.29 is 9.53 Å². The van der Waals surface area contributed by atoms with Crippen LogP contribution in [0.5, 0.6) is 5.75 Å². The largest absolute Gasteiger partial charge is 0.489 e. The van der Waals surface area contributed by atoms with Gasteiger partial charge in [0.25, 0.3) is 5.91 Å². The zero-order chi connectivity index (χ0) is 18.2. The van der Waals surface area contributed by atoms with E-state index in [0.29, 0.717) is 23.8 Å². The monoisotopic (exact) mass is 402 g/mol. The average molecular weight is 403 g/mol. The second-order valence-electron chi connectivity index (χ2n) is 6.29. The average Bonchev–Trinajstić information content (AvgIpc) is 2.60. The topological polar surface area (TPSA) is 62.1 Å². The number of nitrogens with zero attached hydrogens (tertiary/aromatic N) is 1. The normalized spacial score (nSPS) is 20.4. The molecule has 4 nitrogen and oxygen atoms in total. The van der Waals surface area contributed by atoms with Crippen LogP contribution >= 0.6 is 15.9 Å². The van der Waals surface area contributed by atoms with Crippen molar-refractivity contribution in [2.75, 3.05) is 6.61 Å². The van der Waals surface area contributed by atoms with Gasteiger partial charge in [0.15, 0.2) is 0 Å². The molecule has 1 aromatic carbocycles. The van der Waals surface area contributed by atoms with E-state index < -0.39 is 0 Å². The first kappa shape index (κ1) is 19.3. The van der Waals surface area contributed by atoms with Gasteiger partial charge in [-0.05, 0) is 43.0 Å². The van der Waals surface area contributed by atoms with Crippen LogP contribution in [0.2, 0.25) is 0 Å². The molecule has 2 atom stereocenters. The van der Waals surface area contributed by atoms with Crippen LogP contribution < -0.4 is 10.1 Å². The van der Waals surface area contributed by atoms with Crippen LogP contribution in [-0.4, -0.2) is 18.6 Å². The Kier molecular flexibility index (Phi) is 7.27. The number of halogens is 1. The lowest BCUT2D eigenvalue weighted by molar-refractivity contribution is -0.118. The van der Waals surface area contributed by atoms with Gasteiger partial charge in [0.05, 0.1) is 0 Å². The highest BCUT2D eigenvalue weighted by Crippen LogP contribution is 2.27. The van der Waals surface area contributed by atoms with E-state index in [2.05, 4.69) is 34.7 Å². The fraction of sp³-hybridized carbons (Fsp3) is 0.400. The molecule has 0 spiro atoms. The molecule has 0 radical (unpaired) electrons. The Morgan fingerprint density at radius 1 is 1.48 bits per heavy atom. The number of rotatable bonds is 6. The minimum atomic E-state index is -0.323. The third-order valence-corrected chi connectivity index (χ3v) is 4.91. The molecule has 25 heavy (non-hydrogen) atoms. The number of carbonyl (C=O) groups excluding carboxylic acids is 1. The Morgan fingerprint density at radius 3 is 2.92 bits per heavy atom. The van der Waals surface area contributed by atoms with E-state index >= 15 is 0 Å². The summed E-state index contributed by atoms with van der Waals surface area (Å²) >= 11 is 3.41. The number of carbonyl (C=O) groups is 1. The molecular weight excluding hydrogens is 380 g/mol. The summed E-state index contributed by atoms with van der Waals surface area (Å²) in [6.07, 6.45) is 7.63. The van der Waals surface area contributed by atoms with E-state index in [4.69, 9.17) is 4.74 Å². The van der Waals surface area contributed by atoms with Crippen LogP contribution in [0.15, 0.2) is 40.9 Å². The number of hydrogen-bond acceptors (Lipinski definition) is 3. The van der Waals surface area contributed by atoms with Crippen LogP contribution in [0.25, 0.3) is 6.08 Å². The fourth-order valence-electron chi connectivity index (χ4n) is 2.99. The van der Waals surface area contributed by atoms with Gasteiger partial charge in [-0.25, -0.2) is 0 Å². The zero-order valence-electron chi connectivity index (χ0n) is 14.4. The summed E-state index contributed by atoms with van der Waals surface area (Å²) in [5.74, 6) is 0.723. The summed E-state index contributed by atoms with van der Waals surface area (Å²) in [6, 6.07) is 7.63. The maximum absolute atomic E-state index is 12.5. The molecule has 1 aromatic rings. The van der Waals surface area contributed by atoms with Crippen molar-refractivity contribution in [3.8, 4) is 11.8 Å². The van der Waals surface area contributed by atoms with Gasteiger partial charge in [-0.15, -0.1) is 0 Å². The van der Waals surface area contributed by atoms with Crippen LogP contribution in [0.3, 0.4) is 0 Å². The van der Waals surface area contributed by atoms with Crippen molar-refractivity contribution in [1.82, 2.24) is 5.32 Å². The van der Waals surface area contributed by atoms with Crippen LogP contribution in [0, 0.1) is 17.2 Å². The lowest BCUT2D eigenvalue weighted by Crippen LogP contribution is -2.41. The molecular formula is C20H23BrN2O2. The quantitative estimate of drug-likeness (QED) is 0.429. The van der Waals surface area contributed by atoms with Gasteiger partial charge >= 0.3 is 0 Å². The van der Waals surface area contributed by atoms with E-state index in [1.165, 1.54) is 6.42 Å². The van der Waals surface area contributed by atoms with E-state index in [0.717, 1.165) is 23.7 Å². The standard InChI is InChI=1S/C20H23BrN2O2/c1-3-10-25-19-9-8-17(21)12-15(19)11-16(13-22)20(24)23-18-7-5-4-6-14(18)2/h3,8-9,11-12,14,18H,1,4-7,10H2,2H3,(H,23,24)/b16-11+/t14-,18+/m1/s1. The minimum absolute atomic E-state index is 0.0827. The second kappa shape index (κ2) is 9.43. The molecule has 1 aliphatic rings. The number of hydrogen-bond donors (Lipinski definition) is 1. The lowest BCUT2D eigenvalue weighted by Gasteiger charge is -2.29. The zero-order valence-corrected chi connectivity index (χ0v) is 16.0. The maximum atomic E-state index is 12.5. The van der Waals surface area contributed by atoms with Gasteiger partial charge < -0.3 is 10.1 Å². The Labute approximate surface area is 157 Å². The van der Waals surface area contributed by atoms with Crippen molar-refractivity contribution in [1.29, 1.82) is 5.26 Å². The number of amides is 1. The molecule has 1 N–H and O–H groups in total. The van der Waals surface area contributed by atoms with Gasteiger partial charge in [-0.2, -0.15) is 5.26 Å². The third-order valence-electron chi connectivity index (χ3n) is 4.42. The molecule has 1 fully saturated rings. The highest BCUT2D eigenvalue weighted by Gasteiger charge is 2.24. The second-order valence-corrected chi connectivity index (χ2v) is 7.21. The first-order chi connectivity index (χ1) is 12.0. The molecule has 2 rings (SSSR count). The van der Waals surface area contributed by atoms with Gasteiger partial charge in [-0.3, -0.25) is 4.79 Å². The Balaban J connectivity index is 2.21. The lowest BCUT2D eigenvalue weighted by atomic mass is 9.86. The molecule has 132 valence electrons. The van der Waals surface area contributed by atoms with Crippen molar-refractivity contribution in [2.45, 2.75) is 38.6 Å². The Hall–Kier alpha value is -2.06. The SMILES string of the molecule is C=CCOc1ccc(Br)cc1/C=C(\C#N)C(=O)N[C@H]1CCCC[C@H]1C. The fourth-order valence-corrected chi connectivity index (χ4v) is 3.37. The first-order valence-electron chi connectivity index (χ1n) is 8.51. The van der Waals surface area contributed by atoms with Crippen LogP contribution in [-0.2, 0) is 4.79 Å². The predicted octanol–water partition coefficient (Wildman–Crippen LogP) is 4.62. The number of benzene rings is 1. The number of nitrogens with one attached hydrogen (secondary N) is 1. The molecule has 1 aliphatic carbocycles. The van der Waals surface area contributed by atoms with Crippen molar-refractivity contribution in [3.63, 3.8) is 0 Å². The summed E-state index contributed by atoms with van der Waals surface area (Å²) in [4.78, 5) is 12.5. The number of ether oxygens (including phenoxy) is 1. The van der Waals surface area contributed by atoms with Crippen molar-refractivity contribution in [2.24, 2.45) is 5.92 Å². The summed E-state index contributed by atoms with van der Waals surface area (Å²) in [5, 5.41) is 12.5. The van der Waals surface area contributed by atoms with E-state index in [-0.39, 0.29) is 17.5 Å². The summed E-state index contributed by atoms with van der Waals surface area (Å²) in [5.41, 5.74) is 0.763. The van der Waals surface area contributed by atoms with E-state index in [9.17, 15) is 10.1 Å². The van der Waals surface area contributed by atoms with Gasteiger partial charge in [0.2, 0.25) is 0 Å². The maximum Gasteiger partial charge on any atom is 0.262 e. The van der Waals surface area contributed by atoms with Gasteiger partial charge in [0.1, 0.15) is 24.0 Å². The molecule has 1 saturated carbocycles. The van der Waals surface area contributed by atoms with Crippen molar-refractivity contribution >= 4 is 27.9 Å². The van der Waals surface area contributed by atoms with E-state index in [1.54, 1.807) is 18.2 Å². The Bertz CT molecular complexity index is 706. The minimum Gasteiger partial charge on any atom is -0.489 e. The van der Waals surface area contributed by atoms with Crippen LogP contribution in [0.4, 0.5) is 0 Å². The smallest absolute Gasteiger partial charge is 0.262 e. The summed E-state index contributed by atoms with van der Waals surface area (Å²) in [6.45, 7) is 6.14. The van der Waals surface area contributed by atoms with Crippen LogP contribution in [0.1, 0.15) is 38.2 Å². The first-order valence-corrected chi connectivity index (χ1v) is 9.30. The Morgan fingerprint density at radius 2 is 2.24 bits per heavy atom. The van der Waals surface area contributed by atoms with E-state index in [1.807, 2.05) is 18.2 Å². The summed E-state index contributed by atoms with van der Waals surface area (Å²) < 4.78 is 6.46. The molecule has 0 aromatic heterocycles. The molecule has 0 unspecified atom stereocenters. The van der Waals surface area contributed by atoms with Gasteiger partial charge in [0, 0.05) is 16.1 Å². The van der Waals surface area contributed by atoms with Crippen molar-refractivity contribution in [3.05, 3.63) is 46.5 Å². The highest BCUT2D eigenvalue weighted by atomic mass is 79.9. The molecule has 0 bridgehead atoms. The molecule has 5 heteroatoms. The third kappa shape index (κ3) is 5.47. The molecule has 0 saturated heterocycles. The number of nitriles is 1. The highest BCUT2D eigenvalue weighted by molar-refractivity contribution is 9.10. The predicted molar refractivity (Wildman–Crippen MR) is 103 cm³/mol. The molecule has 0 heterocycles. The van der Waals surface area contributed by atoms with Gasteiger partial charge in [-0.1, -0.05) is 48.4 Å². The summed E-state index contributed by atoms with van der Waals surface area (Å²) in [7, 11) is 0. The molecule has 1 amide bonds. The molecule has 0 aliphatic heterocycles.